The number of benzene rings is 2. The van der Waals surface area contributed by atoms with Crippen molar-refractivity contribution in [3.63, 3.8) is 0 Å². The summed E-state index contributed by atoms with van der Waals surface area (Å²) in [5.74, 6) is 0.774. The molecular weight excluding hydrogens is 362 g/mol. The minimum Gasteiger partial charge on any atom is -0.494 e. The molecule has 1 aliphatic rings. The predicted octanol–water partition coefficient (Wildman–Crippen LogP) is 3.70. The molecule has 6 heteroatoms. The minimum absolute atomic E-state index is 0.161. The van der Waals surface area contributed by atoms with Crippen molar-refractivity contribution in [2.75, 3.05) is 7.11 Å². The van der Waals surface area contributed by atoms with E-state index in [-0.39, 0.29) is 12.2 Å². The summed E-state index contributed by atoms with van der Waals surface area (Å²) in [5, 5.41) is 5.62. The third-order valence-electron chi connectivity index (χ3n) is 4.67. The van der Waals surface area contributed by atoms with Crippen molar-refractivity contribution < 1.29 is 14.2 Å². The van der Waals surface area contributed by atoms with Crippen molar-refractivity contribution >= 4 is 11.6 Å². The third-order valence-corrected chi connectivity index (χ3v) is 4.92. The fourth-order valence-corrected chi connectivity index (χ4v) is 3.73. The Morgan fingerprint density at radius 1 is 1.11 bits per heavy atom. The first kappa shape index (κ1) is 18.0. The predicted molar refractivity (Wildman–Crippen MR) is 104 cm³/mol. The average Bonchev–Trinajstić information content (AvgIpc) is 3.19. The molecule has 0 spiro atoms. The Morgan fingerprint density at radius 3 is 2.56 bits per heavy atom. The highest BCUT2D eigenvalue weighted by Crippen LogP contribution is 2.26. The quantitative estimate of drug-likeness (QED) is 0.630. The Bertz CT molecular complexity index is 951. The number of fused-ring (bicyclic) bond motifs is 1. The van der Waals surface area contributed by atoms with Crippen molar-refractivity contribution in [1.82, 2.24) is 9.90 Å². The van der Waals surface area contributed by atoms with Crippen molar-refractivity contribution in [1.29, 1.82) is 0 Å². The molecule has 0 bridgehead atoms. The number of para-hydroxylation sites is 2. The molecule has 140 valence electrons. The van der Waals surface area contributed by atoms with Gasteiger partial charge in [0.2, 0.25) is 5.69 Å². The Kier molecular flexibility index (Phi) is 4.89. The number of methoxy groups -OCH3 is 1. The molecule has 4 rings (SSSR count). The second-order valence-electron chi connectivity index (χ2n) is 6.96. The van der Waals surface area contributed by atoms with E-state index in [0.29, 0.717) is 5.02 Å². The first-order valence-electron chi connectivity index (χ1n) is 9.14. The summed E-state index contributed by atoms with van der Waals surface area (Å²) in [4.78, 5) is 1.92. The molecule has 0 radical (unpaired) electrons. The highest BCUT2D eigenvalue weighted by Gasteiger charge is 2.38. The molecule has 0 unspecified atom stereocenters. The maximum Gasteiger partial charge on any atom is 0.225 e. The third kappa shape index (κ3) is 3.45. The van der Waals surface area contributed by atoms with E-state index in [2.05, 4.69) is 18.5 Å². The van der Waals surface area contributed by atoms with E-state index in [0.717, 1.165) is 41.4 Å². The first-order valence-corrected chi connectivity index (χ1v) is 9.52. The van der Waals surface area contributed by atoms with Crippen LogP contribution in [0.5, 0.6) is 5.75 Å². The highest BCUT2D eigenvalue weighted by molar-refractivity contribution is 6.30. The largest absolute Gasteiger partial charge is 0.494 e. The number of halogens is 1. The van der Waals surface area contributed by atoms with Gasteiger partial charge < -0.3 is 9.47 Å². The molecular formula is C21H23ClN3O2+. The van der Waals surface area contributed by atoms with Crippen LogP contribution in [0.15, 0.2) is 48.5 Å². The molecule has 1 aromatic heterocycles. The van der Waals surface area contributed by atoms with Gasteiger partial charge in [-0.15, -0.1) is 4.68 Å². The van der Waals surface area contributed by atoms with Crippen LogP contribution >= 0.6 is 11.6 Å². The van der Waals surface area contributed by atoms with Crippen LogP contribution < -0.4 is 9.42 Å². The van der Waals surface area contributed by atoms with E-state index in [1.54, 1.807) is 7.11 Å². The zero-order valence-corrected chi connectivity index (χ0v) is 16.5. The van der Waals surface area contributed by atoms with Gasteiger partial charge in [0.15, 0.2) is 17.1 Å². The van der Waals surface area contributed by atoms with Gasteiger partial charge in [-0.1, -0.05) is 23.7 Å². The van der Waals surface area contributed by atoms with E-state index in [1.807, 2.05) is 53.3 Å². The zero-order chi connectivity index (χ0) is 19.0. The summed E-state index contributed by atoms with van der Waals surface area (Å²) in [6.07, 6.45) is 1.99. The van der Waals surface area contributed by atoms with Crippen LogP contribution in [-0.2, 0) is 17.6 Å². The van der Waals surface area contributed by atoms with Gasteiger partial charge in [-0.3, -0.25) is 0 Å². The molecule has 1 heterocycles. The Labute approximate surface area is 164 Å². The first-order chi connectivity index (χ1) is 13.1. The zero-order valence-electron chi connectivity index (χ0n) is 15.7. The van der Waals surface area contributed by atoms with Crippen LogP contribution in [0, 0.1) is 0 Å². The Balaban J connectivity index is 1.85. The van der Waals surface area contributed by atoms with Crippen molar-refractivity contribution in [2.24, 2.45) is 0 Å². The van der Waals surface area contributed by atoms with Crippen LogP contribution in [0.4, 0.5) is 0 Å². The monoisotopic (exact) mass is 384 g/mol. The SMILES string of the molecule is COc1ccccc1-n1nc2c([n+]1-c1ccc(Cl)cc1)C[C@H](OC(C)C)C2. The number of nitrogens with zero attached hydrogens (tertiary/aromatic N) is 3. The lowest BCUT2D eigenvalue weighted by Gasteiger charge is -2.14. The maximum absolute atomic E-state index is 6.10. The van der Waals surface area contributed by atoms with E-state index in [4.69, 9.17) is 26.2 Å². The van der Waals surface area contributed by atoms with Crippen LogP contribution in [0.25, 0.3) is 11.4 Å². The number of ether oxygens (including phenoxy) is 2. The van der Waals surface area contributed by atoms with Crippen LogP contribution in [-0.4, -0.2) is 29.2 Å². The van der Waals surface area contributed by atoms with E-state index < -0.39 is 0 Å². The lowest BCUT2D eigenvalue weighted by molar-refractivity contribution is -0.686. The molecule has 0 saturated carbocycles. The number of aromatic nitrogens is 3. The fraction of sp³-hybridized carbons (Fsp3) is 0.333. The van der Waals surface area contributed by atoms with Gasteiger partial charge in [0.1, 0.15) is 5.75 Å². The molecule has 1 aliphatic carbocycles. The van der Waals surface area contributed by atoms with E-state index in [1.165, 1.54) is 0 Å². The molecule has 0 aliphatic heterocycles. The van der Waals surface area contributed by atoms with Gasteiger partial charge in [0.05, 0.1) is 19.3 Å². The van der Waals surface area contributed by atoms with Gasteiger partial charge in [-0.25, -0.2) is 0 Å². The van der Waals surface area contributed by atoms with E-state index in [9.17, 15) is 0 Å². The minimum atomic E-state index is 0.161. The standard InChI is InChI=1S/C21H23ClN3O2/c1-14(2)27-17-12-18-20(13-17)24(16-10-8-15(22)9-11-16)25(23-18)19-6-4-5-7-21(19)26-3/h4-11,14,17H,12-13H2,1-3H3/q+1/t17-/m1/s1. The normalized spacial score (nSPS) is 16.0. The lowest BCUT2D eigenvalue weighted by atomic mass is 10.2. The summed E-state index contributed by atoms with van der Waals surface area (Å²) in [6, 6.07) is 15.7. The van der Waals surface area contributed by atoms with Crippen molar-refractivity contribution in [3.8, 4) is 17.1 Å². The maximum atomic E-state index is 6.10. The summed E-state index contributed by atoms with van der Waals surface area (Å²) in [6.45, 7) is 4.14. The summed E-state index contributed by atoms with van der Waals surface area (Å²) < 4.78 is 13.7. The molecule has 5 nitrogen and oxygen atoms in total. The highest BCUT2D eigenvalue weighted by atomic mass is 35.5. The van der Waals surface area contributed by atoms with Crippen molar-refractivity contribution in [3.05, 3.63) is 64.9 Å². The molecule has 0 N–H and O–H groups in total. The van der Waals surface area contributed by atoms with Gasteiger partial charge in [-0.05, 0) is 55.0 Å². The molecule has 0 amide bonds. The topological polar surface area (TPSA) is 40.2 Å². The van der Waals surface area contributed by atoms with Gasteiger partial charge in [0, 0.05) is 23.0 Å². The number of hydrogen-bond donors (Lipinski definition) is 0. The molecule has 0 fully saturated rings. The molecule has 0 saturated heterocycles. The smallest absolute Gasteiger partial charge is 0.225 e. The Morgan fingerprint density at radius 2 is 1.85 bits per heavy atom. The van der Waals surface area contributed by atoms with E-state index >= 15 is 0 Å². The Hall–Kier alpha value is -2.37. The van der Waals surface area contributed by atoms with Crippen LogP contribution in [0.1, 0.15) is 25.2 Å². The van der Waals surface area contributed by atoms with Crippen LogP contribution in [0.2, 0.25) is 5.02 Å². The number of rotatable bonds is 5. The second-order valence-corrected chi connectivity index (χ2v) is 7.39. The molecule has 27 heavy (non-hydrogen) atoms. The summed E-state index contributed by atoms with van der Waals surface area (Å²) in [5.41, 5.74) is 4.12. The fourth-order valence-electron chi connectivity index (χ4n) is 3.60. The average molecular weight is 385 g/mol. The van der Waals surface area contributed by atoms with Gasteiger partial charge in [0.25, 0.3) is 0 Å². The van der Waals surface area contributed by atoms with Gasteiger partial charge in [-0.2, -0.15) is 0 Å². The number of hydrogen-bond acceptors (Lipinski definition) is 3. The van der Waals surface area contributed by atoms with Crippen LogP contribution in [0.3, 0.4) is 0 Å². The molecule has 1 atom stereocenters. The second kappa shape index (κ2) is 7.33. The summed E-state index contributed by atoms with van der Waals surface area (Å²) >= 11 is 6.10. The lowest BCUT2D eigenvalue weighted by Crippen LogP contribution is -2.44. The summed E-state index contributed by atoms with van der Waals surface area (Å²) in [7, 11) is 1.68. The van der Waals surface area contributed by atoms with Crippen molar-refractivity contribution in [2.45, 2.75) is 38.9 Å². The molecule has 2 aromatic carbocycles. The van der Waals surface area contributed by atoms with Gasteiger partial charge >= 0.3 is 0 Å². The molecule has 3 aromatic rings.